The molecular formula is C30H31N3O3. The lowest BCUT2D eigenvalue weighted by atomic mass is 9.93. The average molecular weight is 482 g/mol. The second-order valence-corrected chi connectivity index (χ2v) is 9.23. The number of carbonyl (C=O) groups excluding carboxylic acids is 1. The third-order valence-electron chi connectivity index (χ3n) is 6.77. The Kier molecular flexibility index (Phi) is 7.03. The summed E-state index contributed by atoms with van der Waals surface area (Å²) in [7, 11) is 1.67. The summed E-state index contributed by atoms with van der Waals surface area (Å²) < 4.78 is 12.9. The van der Waals surface area contributed by atoms with Crippen molar-refractivity contribution in [2.24, 2.45) is 0 Å². The van der Waals surface area contributed by atoms with Gasteiger partial charge in [-0.1, -0.05) is 60.2 Å². The van der Waals surface area contributed by atoms with E-state index in [9.17, 15) is 4.79 Å². The quantitative estimate of drug-likeness (QED) is 0.321. The molecule has 0 bridgehead atoms. The number of carbonyl (C=O) groups is 1. The van der Waals surface area contributed by atoms with Crippen molar-refractivity contribution in [2.45, 2.75) is 32.3 Å². The van der Waals surface area contributed by atoms with Crippen molar-refractivity contribution < 1.29 is 14.3 Å². The van der Waals surface area contributed by atoms with Crippen LogP contribution in [0.2, 0.25) is 0 Å². The Bertz CT molecular complexity index is 1290. The Hall–Kier alpha value is -4.06. The van der Waals surface area contributed by atoms with Crippen LogP contribution in [0.4, 0.5) is 4.79 Å². The summed E-state index contributed by atoms with van der Waals surface area (Å²) in [5.41, 5.74) is 6.43. The number of rotatable bonds is 6. The molecule has 0 aliphatic carbocycles. The van der Waals surface area contributed by atoms with Crippen LogP contribution in [-0.4, -0.2) is 41.0 Å². The standard InChI is InChI=1S/C30H31N3O3/c1-22-8-10-25(11-9-22)29-20-28(31-33(29)26-12-14-27(35-2)15-13-26)24-16-18-32(19-17-24)30(34)36-21-23-6-4-3-5-7-23/h3-15,20,24H,16-19,21H2,1-2H3. The highest BCUT2D eigenvalue weighted by atomic mass is 16.6. The number of aromatic nitrogens is 2. The zero-order valence-electron chi connectivity index (χ0n) is 20.8. The van der Waals surface area contributed by atoms with Crippen molar-refractivity contribution >= 4 is 6.09 Å². The van der Waals surface area contributed by atoms with E-state index in [2.05, 4.69) is 37.3 Å². The number of aryl methyl sites for hydroxylation is 1. The van der Waals surface area contributed by atoms with Gasteiger partial charge in [-0.05, 0) is 55.7 Å². The van der Waals surface area contributed by atoms with E-state index in [1.807, 2.05) is 59.3 Å². The zero-order valence-corrected chi connectivity index (χ0v) is 20.8. The molecule has 3 aromatic carbocycles. The number of nitrogens with zero attached hydrogens (tertiary/aromatic N) is 3. The molecule has 1 aromatic heterocycles. The molecule has 6 heteroatoms. The van der Waals surface area contributed by atoms with Gasteiger partial charge in [0.15, 0.2) is 0 Å². The van der Waals surface area contributed by atoms with Gasteiger partial charge < -0.3 is 14.4 Å². The second kappa shape index (κ2) is 10.7. The lowest BCUT2D eigenvalue weighted by Gasteiger charge is -2.30. The highest BCUT2D eigenvalue weighted by molar-refractivity contribution is 5.68. The molecular weight excluding hydrogens is 450 g/mol. The number of methoxy groups -OCH3 is 1. The molecule has 0 radical (unpaired) electrons. The van der Waals surface area contributed by atoms with Crippen LogP contribution in [0.1, 0.15) is 35.6 Å². The summed E-state index contributed by atoms with van der Waals surface area (Å²) in [6.45, 7) is 3.71. The first-order valence-electron chi connectivity index (χ1n) is 12.4. The zero-order chi connectivity index (χ0) is 24.9. The number of amides is 1. The van der Waals surface area contributed by atoms with E-state index < -0.39 is 0 Å². The maximum atomic E-state index is 12.6. The van der Waals surface area contributed by atoms with Crippen molar-refractivity contribution in [2.75, 3.05) is 20.2 Å². The third kappa shape index (κ3) is 5.28. The summed E-state index contributed by atoms with van der Waals surface area (Å²) in [5.74, 6) is 1.10. The van der Waals surface area contributed by atoms with Crippen molar-refractivity contribution in [3.8, 4) is 22.7 Å². The van der Waals surface area contributed by atoms with E-state index in [1.165, 1.54) is 5.56 Å². The number of ether oxygens (including phenoxy) is 2. The van der Waals surface area contributed by atoms with Gasteiger partial charge in [0.2, 0.25) is 0 Å². The van der Waals surface area contributed by atoms with Gasteiger partial charge in [0.25, 0.3) is 0 Å². The average Bonchev–Trinajstić information content (AvgIpc) is 3.38. The summed E-state index contributed by atoms with van der Waals surface area (Å²) in [6.07, 6.45) is 1.46. The molecule has 0 saturated carbocycles. The van der Waals surface area contributed by atoms with Crippen LogP contribution < -0.4 is 4.74 Å². The van der Waals surface area contributed by atoms with Crippen LogP contribution >= 0.6 is 0 Å². The smallest absolute Gasteiger partial charge is 0.410 e. The minimum Gasteiger partial charge on any atom is -0.497 e. The van der Waals surface area contributed by atoms with E-state index in [-0.39, 0.29) is 12.0 Å². The predicted molar refractivity (Wildman–Crippen MR) is 140 cm³/mol. The maximum Gasteiger partial charge on any atom is 0.410 e. The first-order valence-corrected chi connectivity index (χ1v) is 12.4. The molecule has 0 atom stereocenters. The molecule has 2 heterocycles. The fourth-order valence-corrected chi connectivity index (χ4v) is 4.62. The lowest BCUT2D eigenvalue weighted by Crippen LogP contribution is -2.38. The molecule has 184 valence electrons. The molecule has 1 saturated heterocycles. The fraction of sp³-hybridized carbons (Fsp3) is 0.267. The Balaban J connectivity index is 1.31. The van der Waals surface area contributed by atoms with Crippen LogP contribution in [0.25, 0.3) is 16.9 Å². The number of piperidine rings is 1. The highest BCUT2D eigenvalue weighted by Gasteiger charge is 2.27. The molecule has 6 nitrogen and oxygen atoms in total. The monoisotopic (exact) mass is 481 g/mol. The molecule has 0 spiro atoms. The Labute approximate surface area is 212 Å². The lowest BCUT2D eigenvalue weighted by molar-refractivity contribution is 0.0868. The van der Waals surface area contributed by atoms with Crippen LogP contribution in [0.5, 0.6) is 5.75 Å². The van der Waals surface area contributed by atoms with Crippen LogP contribution in [0.15, 0.2) is 84.9 Å². The first-order chi connectivity index (χ1) is 17.6. The summed E-state index contributed by atoms with van der Waals surface area (Å²) in [5, 5.41) is 5.05. The molecule has 0 N–H and O–H groups in total. The molecule has 0 unspecified atom stereocenters. The predicted octanol–water partition coefficient (Wildman–Crippen LogP) is 6.37. The van der Waals surface area contributed by atoms with E-state index in [0.717, 1.165) is 46.8 Å². The van der Waals surface area contributed by atoms with Gasteiger partial charge in [-0.15, -0.1) is 0 Å². The van der Waals surface area contributed by atoms with Crippen molar-refractivity contribution in [3.05, 3.63) is 102 Å². The van der Waals surface area contributed by atoms with Gasteiger partial charge >= 0.3 is 6.09 Å². The van der Waals surface area contributed by atoms with Gasteiger partial charge in [-0.2, -0.15) is 5.10 Å². The molecule has 4 aromatic rings. The minimum absolute atomic E-state index is 0.249. The maximum absolute atomic E-state index is 12.6. The number of hydrogen-bond acceptors (Lipinski definition) is 4. The molecule has 1 fully saturated rings. The van der Waals surface area contributed by atoms with E-state index in [1.54, 1.807) is 12.0 Å². The summed E-state index contributed by atoms with van der Waals surface area (Å²) in [4.78, 5) is 14.4. The normalized spacial score (nSPS) is 14.0. The Morgan fingerprint density at radius 1 is 0.944 bits per heavy atom. The van der Waals surface area contributed by atoms with Crippen molar-refractivity contribution in [3.63, 3.8) is 0 Å². The molecule has 1 amide bonds. The SMILES string of the molecule is COc1ccc(-n2nc(C3CCN(C(=O)OCc4ccccc4)CC3)cc2-c2ccc(C)cc2)cc1. The molecule has 1 aliphatic heterocycles. The summed E-state index contributed by atoms with van der Waals surface area (Å²) >= 11 is 0. The Morgan fingerprint density at radius 2 is 1.64 bits per heavy atom. The van der Waals surface area contributed by atoms with Crippen LogP contribution in [0, 0.1) is 6.92 Å². The molecule has 5 rings (SSSR count). The summed E-state index contributed by atoms with van der Waals surface area (Å²) in [6, 6.07) is 28.5. The number of likely N-dealkylation sites (tertiary alicyclic amines) is 1. The second-order valence-electron chi connectivity index (χ2n) is 9.23. The highest BCUT2D eigenvalue weighted by Crippen LogP contribution is 2.33. The van der Waals surface area contributed by atoms with Crippen molar-refractivity contribution in [1.82, 2.24) is 14.7 Å². The third-order valence-corrected chi connectivity index (χ3v) is 6.77. The van der Waals surface area contributed by atoms with Gasteiger partial charge in [0.05, 0.1) is 24.2 Å². The molecule has 1 aliphatic rings. The number of hydrogen-bond donors (Lipinski definition) is 0. The van der Waals surface area contributed by atoms with E-state index >= 15 is 0 Å². The molecule has 36 heavy (non-hydrogen) atoms. The van der Waals surface area contributed by atoms with Crippen molar-refractivity contribution in [1.29, 1.82) is 0 Å². The number of benzene rings is 3. The van der Waals surface area contributed by atoms with Crippen LogP contribution in [-0.2, 0) is 11.3 Å². The van der Waals surface area contributed by atoms with E-state index in [4.69, 9.17) is 14.6 Å². The largest absolute Gasteiger partial charge is 0.497 e. The Morgan fingerprint density at radius 3 is 2.31 bits per heavy atom. The van der Waals surface area contributed by atoms with Gasteiger partial charge in [0, 0.05) is 24.6 Å². The van der Waals surface area contributed by atoms with Crippen LogP contribution in [0.3, 0.4) is 0 Å². The van der Waals surface area contributed by atoms with E-state index in [0.29, 0.717) is 19.7 Å². The van der Waals surface area contributed by atoms with Gasteiger partial charge in [-0.3, -0.25) is 0 Å². The fourth-order valence-electron chi connectivity index (χ4n) is 4.62. The topological polar surface area (TPSA) is 56.6 Å². The first kappa shape index (κ1) is 23.7. The minimum atomic E-state index is -0.249. The van der Waals surface area contributed by atoms with Gasteiger partial charge in [0.1, 0.15) is 12.4 Å². The van der Waals surface area contributed by atoms with Gasteiger partial charge in [-0.25, -0.2) is 9.48 Å².